The number of nitrogen functional groups attached to an aromatic ring is 1. The van der Waals surface area contributed by atoms with Crippen molar-refractivity contribution in [2.24, 2.45) is 10.7 Å². The zero-order valence-electron chi connectivity index (χ0n) is 21.5. The van der Waals surface area contributed by atoms with Crippen molar-refractivity contribution in [3.05, 3.63) is 82.4 Å². The monoisotopic (exact) mass is 500 g/mol. The van der Waals surface area contributed by atoms with Gasteiger partial charge in [0.15, 0.2) is 0 Å². The Balaban J connectivity index is 1.40. The van der Waals surface area contributed by atoms with Gasteiger partial charge in [0.2, 0.25) is 5.79 Å². The number of amides is 1. The van der Waals surface area contributed by atoms with Crippen LogP contribution < -0.4 is 16.8 Å². The van der Waals surface area contributed by atoms with Crippen molar-refractivity contribution in [2.45, 2.75) is 26.2 Å². The molecule has 0 bridgehead atoms. The number of amidine groups is 1. The number of nitrogens with zero attached hydrogens (tertiary/aromatic N) is 3. The molecule has 1 unspecified atom stereocenters. The van der Waals surface area contributed by atoms with Crippen molar-refractivity contribution in [3.63, 3.8) is 0 Å². The second-order valence-electron chi connectivity index (χ2n) is 9.82. The molecule has 37 heavy (non-hydrogen) atoms. The van der Waals surface area contributed by atoms with E-state index in [0.29, 0.717) is 53.5 Å². The molecule has 3 aromatic carbocycles. The number of carbonyl (C=O) groups excluding carboxylic acids is 1. The van der Waals surface area contributed by atoms with Crippen molar-refractivity contribution in [2.75, 3.05) is 44.3 Å². The maximum atomic E-state index is 16.2. The normalized spacial score (nSPS) is 19.9. The van der Waals surface area contributed by atoms with E-state index in [1.807, 2.05) is 54.3 Å². The molecule has 5 rings (SSSR count). The number of nitrogens with one attached hydrogen (secondary N) is 1. The number of aliphatic imine (C=N–C) groups is 1. The number of alkyl halides is 1. The Morgan fingerprint density at radius 3 is 2.68 bits per heavy atom. The summed E-state index contributed by atoms with van der Waals surface area (Å²) < 4.78 is 16.2. The fourth-order valence-electron chi connectivity index (χ4n) is 5.36. The number of nitrogens with two attached hydrogens (primary N) is 2. The summed E-state index contributed by atoms with van der Waals surface area (Å²) in [6.07, 6.45) is 0. The van der Waals surface area contributed by atoms with Crippen LogP contribution in [0.5, 0.6) is 0 Å². The molecule has 2 aliphatic heterocycles. The van der Waals surface area contributed by atoms with Crippen LogP contribution in [-0.4, -0.2) is 54.8 Å². The van der Waals surface area contributed by atoms with E-state index in [9.17, 15) is 4.79 Å². The van der Waals surface area contributed by atoms with E-state index in [4.69, 9.17) is 11.5 Å². The molecule has 1 saturated heterocycles. The molecular formula is C29H33FN6O. The quantitative estimate of drug-likeness (QED) is 0.212. The summed E-state index contributed by atoms with van der Waals surface area (Å²) in [5, 5.41) is 2.97. The fraction of sp³-hybridized carbons (Fsp3) is 0.310. The molecule has 8 heteroatoms. The van der Waals surface area contributed by atoms with Gasteiger partial charge in [-0.3, -0.25) is 19.6 Å². The molecule has 0 saturated carbocycles. The summed E-state index contributed by atoms with van der Waals surface area (Å²) >= 11 is 0. The molecule has 5 N–H and O–H groups in total. The summed E-state index contributed by atoms with van der Waals surface area (Å²) in [5.41, 5.74) is 18.9. The smallest absolute Gasteiger partial charge is 0.255 e. The number of likely N-dealkylation sites (N-methyl/N-ethyl adjacent to an activating group) is 1. The van der Waals surface area contributed by atoms with E-state index >= 15 is 4.39 Å². The molecule has 2 heterocycles. The number of rotatable bonds is 5. The van der Waals surface area contributed by atoms with Crippen molar-refractivity contribution in [3.8, 4) is 11.1 Å². The molecule has 7 nitrogen and oxygen atoms in total. The highest BCUT2D eigenvalue weighted by Crippen LogP contribution is 2.44. The number of carbonyl (C=O) groups is 1. The second kappa shape index (κ2) is 9.61. The van der Waals surface area contributed by atoms with Gasteiger partial charge in [0.25, 0.3) is 5.91 Å². The number of benzene rings is 3. The lowest BCUT2D eigenvalue weighted by atomic mass is 9.96. The van der Waals surface area contributed by atoms with Gasteiger partial charge < -0.3 is 16.8 Å². The van der Waals surface area contributed by atoms with Gasteiger partial charge in [0.05, 0.1) is 6.54 Å². The number of piperazine rings is 1. The van der Waals surface area contributed by atoms with Gasteiger partial charge >= 0.3 is 0 Å². The van der Waals surface area contributed by atoms with E-state index in [0.717, 1.165) is 35.3 Å². The van der Waals surface area contributed by atoms with Crippen LogP contribution in [0.1, 0.15) is 39.5 Å². The summed E-state index contributed by atoms with van der Waals surface area (Å²) in [6.45, 7) is 7.34. The first-order chi connectivity index (χ1) is 17.7. The maximum absolute atomic E-state index is 16.2. The van der Waals surface area contributed by atoms with E-state index in [-0.39, 0.29) is 5.91 Å². The predicted octanol–water partition coefficient (Wildman–Crippen LogP) is 4.11. The van der Waals surface area contributed by atoms with E-state index in [2.05, 4.69) is 22.1 Å². The third-order valence-corrected chi connectivity index (χ3v) is 7.59. The highest BCUT2D eigenvalue weighted by molar-refractivity contribution is 6.05. The molecule has 2 aliphatic rings. The topological polar surface area (TPSA) is 100.0 Å². The third-order valence-electron chi connectivity index (χ3n) is 7.59. The lowest BCUT2D eigenvalue weighted by Gasteiger charge is -2.41. The van der Waals surface area contributed by atoms with Crippen LogP contribution in [0.4, 0.5) is 15.8 Å². The van der Waals surface area contributed by atoms with Gasteiger partial charge in [-0.2, -0.15) is 0 Å². The number of hydrogen-bond donors (Lipinski definition) is 3. The van der Waals surface area contributed by atoms with Crippen molar-refractivity contribution in [1.82, 2.24) is 9.80 Å². The van der Waals surface area contributed by atoms with Gasteiger partial charge in [0.1, 0.15) is 5.84 Å². The molecule has 1 atom stereocenters. The molecule has 0 aliphatic carbocycles. The number of fused-ring (bicyclic) bond motifs is 3. The first-order valence-electron chi connectivity index (χ1n) is 12.6. The molecule has 0 radical (unpaired) electrons. The minimum Gasteiger partial charge on any atom is -0.398 e. The van der Waals surface area contributed by atoms with Crippen LogP contribution in [-0.2, 0) is 12.3 Å². The van der Waals surface area contributed by atoms with Crippen LogP contribution in [0.2, 0.25) is 0 Å². The largest absolute Gasteiger partial charge is 0.398 e. The highest BCUT2D eigenvalue weighted by Gasteiger charge is 2.49. The first kappa shape index (κ1) is 24.9. The van der Waals surface area contributed by atoms with Crippen LogP contribution in [0.25, 0.3) is 11.1 Å². The Kier molecular flexibility index (Phi) is 6.47. The average Bonchev–Trinajstić information content (AvgIpc) is 3.19. The molecule has 0 aromatic heterocycles. The van der Waals surface area contributed by atoms with Gasteiger partial charge in [-0.1, -0.05) is 25.1 Å². The van der Waals surface area contributed by atoms with Crippen molar-refractivity contribution in [1.29, 1.82) is 0 Å². The lowest BCUT2D eigenvalue weighted by Crippen LogP contribution is -2.54. The third kappa shape index (κ3) is 4.47. The molecule has 192 valence electrons. The summed E-state index contributed by atoms with van der Waals surface area (Å²) in [6, 6.07) is 16.7. The minimum absolute atomic E-state index is 0.255. The van der Waals surface area contributed by atoms with Gasteiger partial charge in [0, 0.05) is 54.7 Å². The van der Waals surface area contributed by atoms with Gasteiger partial charge in [-0.25, -0.2) is 4.39 Å². The van der Waals surface area contributed by atoms with Gasteiger partial charge in [-0.05, 0) is 72.1 Å². The Morgan fingerprint density at radius 1 is 1.14 bits per heavy atom. The molecule has 3 aromatic rings. The first-order valence-corrected chi connectivity index (χ1v) is 12.6. The second-order valence-corrected chi connectivity index (χ2v) is 9.82. The minimum atomic E-state index is -1.53. The van der Waals surface area contributed by atoms with Gasteiger partial charge in [-0.15, -0.1) is 0 Å². The Hall–Kier alpha value is -3.75. The van der Waals surface area contributed by atoms with Crippen LogP contribution in [0, 0.1) is 6.92 Å². The Morgan fingerprint density at radius 2 is 1.95 bits per heavy atom. The number of aryl methyl sites for hydroxylation is 1. The van der Waals surface area contributed by atoms with Crippen LogP contribution in [0.3, 0.4) is 0 Å². The summed E-state index contributed by atoms with van der Waals surface area (Å²) in [5.74, 6) is -1.41. The summed E-state index contributed by atoms with van der Waals surface area (Å²) in [7, 11) is 1.62. The molecule has 1 amide bonds. The lowest BCUT2D eigenvalue weighted by molar-refractivity contribution is -0.0886. The van der Waals surface area contributed by atoms with E-state index in [1.165, 1.54) is 0 Å². The number of hydrogen-bond acceptors (Lipinski definition) is 5. The van der Waals surface area contributed by atoms with Crippen molar-refractivity contribution < 1.29 is 9.18 Å². The molecule has 0 spiro atoms. The predicted molar refractivity (Wildman–Crippen MR) is 147 cm³/mol. The Bertz CT molecular complexity index is 1400. The van der Waals surface area contributed by atoms with Crippen molar-refractivity contribution >= 4 is 23.1 Å². The zero-order valence-corrected chi connectivity index (χ0v) is 21.5. The zero-order chi connectivity index (χ0) is 26.3. The standard InChI is InChI=1S/C29H33FN6O/c1-4-35-11-12-36-16-21-7-9-22(15-25(21)29(36,30)17-35)34-28(37)20-6-5-18(2)24(13-20)19-8-10-23(26(31)14-19)27(32)33-3/h5-10,13-15H,4,11-12,16-17,31H2,1-3H3,(H2,32,33)(H,34,37). The average molecular weight is 501 g/mol. The Labute approximate surface area is 217 Å². The molecule has 1 fully saturated rings. The number of halogens is 1. The van der Waals surface area contributed by atoms with E-state index in [1.54, 1.807) is 19.2 Å². The SMILES string of the molecule is CCN1CCN2Cc3ccc(NC(=O)c4ccc(C)c(-c5ccc(C(N)=NC)c(N)c5)c4)cc3C2(F)C1. The maximum Gasteiger partial charge on any atom is 0.255 e. The summed E-state index contributed by atoms with van der Waals surface area (Å²) in [4.78, 5) is 21.3. The van der Waals surface area contributed by atoms with Crippen LogP contribution >= 0.6 is 0 Å². The van der Waals surface area contributed by atoms with E-state index < -0.39 is 5.79 Å². The fourth-order valence-corrected chi connectivity index (χ4v) is 5.36. The molecular weight excluding hydrogens is 467 g/mol. The van der Waals surface area contributed by atoms with Crippen LogP contribution in [0.15, 0.2) is 59.6 Å². The highest BCUT2D eigenvalue weighted by atomic mass is 19.1. The number of anilines is 2.